The molecular weight excluding hydrogens is 791 g/mol. The topological polar surface area (TPSA) is 14.8 Å². The molecule has 0 aliphatic rings. The van der Waals surface area contributed by atoms with Crippen LogP contribution in [0.5, 0.6) is 0 Å². The number of rotatable bonds is 7. The van der Waals surface area contributed by atoms with Crippen molar-refractivity contribution in [3.63, 3.8) is 0 Å². The third-order valence-corrected chi connectivity index (χ3v) is 18.4. The minimum Gasteiger partial charge on any atom is -0.309 e. The molecule has 0 saturated heterocycles. The first-order valence-electron chi connectivity index (χ1n) is 22.1. The monoisotopic (exact) mass is 831 g/mol. The van der Waals surface area contributed by atoms with Gasteiger partial charge in [-0.1, -0.05) is 188 Å². The van der Waals surface area contributed by atoms with Crippen LogP contribution >= 0.6 is 0 Å². The molecule has 0 radical (unpaired) electrons. The Balaban J connectivity index is 1.24. The number of aromatic nitrogens is 3. The fourth-order valence-electron chi connectivity index (χ4n) is 11.0. The lowest BCUT2D eigenvalue weighted by Crippen LogP contribution is -2.75. The SMILES string of the molecule is c1ccc(-n2c3ccccc3c3ccc(-n4c5ccccc5c5c([Si](c6ccccc6)(c6ccccc6)c6ccccc6)c(-n6c7ccccc7c7ccccc76)ccc54)cc32)cc1. The molecule has 0 amide bonds. The van der Waals surface area contributed by atoms with Gasteiger partial charge in [-0.05, 0) is 81.4 Å². The molecule has 3 heterocycles. The predicted molar refractivity (Wildman–Crippen MR) is 273 cm³/mol. The summed E-state index contributed by atoms with van der Waals surface area (Å²) in [7, 11) is -3.20. The van der Waals surface area contributed by atoms with Gasteiger partial charge < -0.3 is 13.7 Å². The van der Waals surface area contributed by atoms with Crippen LogP contribution in [0.3, 0.4) is 0 Å². The summed E-state index contributed by atoms with van der Waals surface area (Å²) in [4.78, 5) is 0. The smallest absolute Gasteiger partial charge is 0.182 e. The van der Waals surface area contributed by atoms with Crippen molar-refractivity contribution in [3.8, 4) is 17.1 Å². The van der Waals surface area contributed by atoms with E-state index in [0.29, 0.717) is 0 Å². The zero-order valence-electron chi connectivity index (χ0n) is 35.0. The Labute approximate surface area is 372 Å². The molecule has 3 nitrogen and oxygen atoms in total. The fraction of sp³-hybridized carbons (Fsp3) is 0. The lowest BCUT2D eigenvalue weighted by molar-refractivity contribution is 1.15. The highest BCUT2D eigenvalue weighted by Gasteiger charge is 2.45. The second-order valence-electron chi connectivity index (χ2n) is 16.8. The minimum atomic E-state index is -3.20. The summed E-state index contributed by atoms with van der Waals surface area (Å²) in [5.74, 6) is 0. The van der Waals surface area contributed by atoms with E-state index in [-0.39, 0.29) is 0 Å². The van der Waals surface area contributed by atoms with Crippen LogP contribution in [0.15, 0.2) is 249 Å². The summed E-state index contributed by atoms with van der Waals surface area (Å²) in [6.07, 6.45) is 0. The van der Waals surface area contributed by atoms with Crippen LogP contribution in [0.2, 0.25) is 0 Å². The first-order valence-corrected chi connectivity index (χ1v) is 24.1. The van der Waals surface area contributed by atoms with Gasteiger partial charge in [-0.2, -0.15) is 0 Å². The maximum atomic E-state index is 2.56. The summed E-state index contributed by atoms with van der Waals surface area (Å²) in [5.41, 5.74) is 10.6. The Hall–Kier alpha value is -8.18. The van der Waals surface area contributed by atoms with Gasteiger partial charge in [-0.3, -0.25) is 0 Å². The van der Waals surface area contributed by atoms with Crippen molar-refractivity contribution in [3.05, 3.63) is 249 Å². The van der Waals surface area contributed by atoms with Gasteiger partial charge in [-0.15, -0.1) is 0 Å². The molecule has 0 aliphatic heterocycles. The molecule has 0 bridgehead atoms. The lowest BCUT2D eigenvalue weighted by Gasteiger charge is -2.37. The summed E-state index contributed by atoms with van der Waals surface area (Å²) >= 11 is 0. The molecule has 0 saturated carbocycles. The van der Waals surface area contributed by atoms with Gasteiger partial charge in [0.05, 0.1) is 33.1 Å². The average molecular weight is 832 g/mol. The largest absolute Gasteiger partial charge is 0.309 e. The molecule has 300 valence electrons. The molecule has 0 unspecified atom stereocenters. The number of para-hydroxylation sites is 5. The van der Waals surface area contributed by atoms with Gasteiger partial charge in [0.15, 0.2) is 8.07 Å². The third kappa shape index (κ3) is 5.21. The van der Waals surface area contributed by atoms with Gasteiger partial charge in [0, 0.05) is 49.4 Å². The van der Waals surface area contributed by atoms with Crippen molar-refractivity contribution in [1.82, 2.24) is 13.7 Å². The predicted octanol–water partition coefficient (Wildman–Crippen LogP) is 12.4. The van der Waals surface area contributed by atoms with Gasteiger partial charge in [0.2, 0.25) is 0 Å². The lowest BCUT2D eigenvalue weighted by atomic mass is 10.1. The van der Waals surface area contributed by atoms with E-state index < -0.39 is 8.07 Å². The van der Waals surface area contributed by atoms with Crippen LogP contribution in [0.4, 0.5) is 0 Å². The summed E-state index contributed by atoms with van der Waals surface area (Å²) < 4.78 is 7.51. The van der Waals surface area contributed by atoms with E-state index in [4.69, 9.17) is 0 Å². The average Bonchev–Trinajstić information content (AvgIpc) is 4.01. The van der Waals surface area contributed by atoms with Crippen LogP contribution in [0.25, 0.3) is 82.5 Å². The van der Waals surface area contributed by atoms with E-state index in [1.54, 1.807) is 0 Å². The van der Waals surface area contributed by atoms with E-state index in [1.165, 1.54) is 91.9 Å². The Morgan fingerprint density at radius 1 is 0.250 bits per heavy atom. The van der Waals surface area contributed by atoms with E-state index in [9.17, 15) is 0 Å². The second kappa shape index (κ2) is 14.5. The van der Waals surface area contributed by atoms with Crippen molar-refractivity contribution in [2.45, 2.75) is 0 Å². The number of hydrogen-bond donors (Lipinski definition) is 0. The van der Waals surface area contributed by atoms with Gasteiger partial charge in [-0.25, -0.2) is 0 Å². The fourth-order valence-corrected chi connectivity index (χ4v) is 16.2. The summed E-state index contributed by atoms with van der Waals surface area (Å²) in [5, 5.41) is 12.9. The minimum absolute atomic E-state index is 1.13. The van der Waals surface area contributed by atoms with E-state index in [0.717, 1.165) is 11.4 Å². The molecule has 0 atom stereocenters. The maximum Gasteiger partial charge on any atom is 0.182 e. The quantitative estimate of drug-likeness (QED) is 0.112. The summed E-state index contributed by atoms with van der Waals surface area (Å²) in [6, 6.07) is 92.5. The number of benzene rings is 10. The highest BCUT2D eigenvalue weighted by Crippen LogP contribution is 2.39. The van der Waals surface area contributed by atoms with E-state index >= 15 is 0 Å². The number of nitrogens with zero attached hydrogens (tertiary/aromatic N) is 3. The maximum absolute atomic E-state index is 3.20. The molecule has 0 N–H and O–H groups in total. The Kier molecular flexibility index (Phi) is 8.23. The van der Waals surface area contributed by atoms with Crippen molar-refractivity contribution in [1.29, 1.82) is 0 Å². The van der Waals surface area contributed by atoms with Gasteiger partial charge in [0.1, 0.15) is 0 Å². The molecule has 0 spiro atoms. The van der Waals surface area contributed by atoms with Crippen molar-refractivity contribution >= 4 is 94.2 Å². The second-order valence-corrected chi connectivity index (χ2v) is 20.5. The van der Waals surface area contributed by atoms with Gasteiger partial charge in [0.25, 0.3) is 0 Å². The molecule has 10 aromatic carbocycles. The first-order chi connectivity index (χ1) is 31.8. The third-order valence-electron chi connectivity index (χ3n) is 13.6. The van der Waals surface area contributed by atoms with Crippen LogP contribution in [-0.2, 0) is 0 Å². The van der Waals surface area contributed by atoms with Crippen LogP contribution < -0.4 is 20.7 Å². The molecule has 13 aromatic rings. The van der Waals surface area contributed by atoms with Crippen molar-refractivity contribution in [2.24, 2.45) is 0 Å². The Morgan fingerprint density at radius 3 is 1.16 bits per heavy atom. The van der Waals surface area contributed by atoms with Crippen molar-refractivity contribution < 1.29 is 0 Å². The van der Waals surface area contributed by atoms with Gasteiger partial charge >= 0.3 is 0 Å². The normalized spacial score (nSPS) is 12.1. The zero-order chi connectivity index (χ0) is 42.2. The van der Waals surface area contributed by atoms with Crippen LogP contribution in [0, 0.1) is 0 Å². The number of fused-ring (bicyclic) bond motifs is 9. The molecule has 0 fully saturated rings. The highest BCUT2D eigenvalue weighted by molar-refractivity contribution is 7.21. The van der Waals surface area contributed by atoms with E-state index in [2.05, 4.69) is 262 Å². The molecule has 4 heteroatoms. The Morgan fingerprint density at radius 2 is 0.641 bits per heavy atom. The highest BCUT2D eigenvalue weighted by atomic mass is 28.3. The number of hydrogen-bond acceptors (Lipinski definition) is 0. The van der Waals surface area contributed by atoms with Crippen LogP contribution in [-0.4, -0.2) is 21.8 Å². The molecular formula is C60H41N3Si. The Bertz CT molecular complexity index is 3730. The molecule has 64 heavy (non-hydrogen) atoms. The van der Waals surface area contributed by atoms with E-state index in [1.807, 2.05) is 0 Å². The zero-order valence-corrected chi connectivity index (χ0v) is 36.0. The summed E-state index contributed by atoms with van der Waals surface area (Å²) in [6.45, 7) is 0. The molecule has 13 rings (SSSR count). The molecule has 3 aromatic heterocycles. The van der Waals surface area contributed by atoms with Crippen molar-refractivity contribution in [2.75, 3.05) is 0 Å². The van der Waals surface area contributed by atoms with Crippen LogP contribution in [0.1, 0.15) is 0 Å². The standard InChI is InChI=1S/C60H41N3Si/c1-5-21-42(22-6-1)61-52-33-17-13-31-49(52)50-38-37-43(41-58(50)61)62-55-36-20-16-32-51(55)59-56(62)39-40-57(63-53-34-18-14-29-47(53)48-30-15-19-35-54(48)63)60(59)64(44-23-7-2-8-24-44,45-25-9-3-10-26-45)46-27-11-4-12-28-46/h1-41H. The molecule has 0 aliphatic carbocycles. The first kappa shape index (κ1) is 36.5.